The Labute approximate surface area is 337 Å². The lowest BCUT2D eigenvalue weighted by Crippen LogP contribution is -2.45. The van der Waals surface area contributed by atoms with Gasteiger partial charge in [0, 0.05) is 70.3 Å². The molecule has 4 aromatic carbocycles. The van der Waals surface area contributed by atoms with E-state index < -0.39 is 46.4 Å². The first-order valence-electron chi connectivity index (χ1n) is 18.1. The van der Waals surface area contributed by atoms with E-state index in [2.05, 4.69) is 15.9 Å². The van der Waals surface area contributed by atoms with Crippen molar-refractivity contribution < 1.29 is 19.2 Å². The molecular formula is C42H34BrN7O8. The van der Waals surface area contributed by atoms with Gasteiger partial charge in [0.15, 0.2) is 0 Å². The summed E-state index contributed by atoms with van der Waals surface area (Å²) in [4.78, 5) is 105. The number of hydrogen-bond acceptors (Lipinski definition) is 9. The molecule has 292 valence electrons. The Morgan fingerprint density at radius 2 is 0.897 bits per heavy atom. The van der Waals surface area contributed by atoms with Crippen LogP contribution in [0.1, 0.15) is 45.6 Å². The van der Waals surface area contributed by atoms with Gasteiger partial charge in [-0.1, -0.05) is 52.3 Å². The number of amides is 2. The summed E-state index contributed by atoms with van der Waals surface area (Å²) in [6, 6.07) is 31.0. The second-order valence-electron chi connectivity index (χ2n) is 13.4. The van der Waals surface area contributed by atoms with Gasteiger partial charge in [0.1, 0.15) is 12.1 Å². The number of hydrogen-bond donors (Lipinski definition) is 1. The third-order valence-corrected chi connectivity index (χ3v) is 10.4. The summed E-state index contributed by atoms with van der Waals surface area (Å²) >= 11 is 3.36. The molecule has 2 aromatic heterocycles. The van der Waals surface area contributed by atoms with Crippen molar-refractivity contribution in [3.05, 3.63) is 191 Å². The zero-order valence-electron chi connectivity index (χ0n) is 30.6. The molecule has 2 aliphatic rings. The van der Waals surface area contributed by atoms with Crippen LogP contribution in [0.15, 0.2) is 157 Å². The number of halogens is 1. The molecule has 2 unspecified atom stereocenters. The van der Waals surface area contributed by atoms with E-state index in [9.17, 15) is 38.4 Å². The Morgan fingerprint density at radius 3 is 1.29 bits per heavy atom. The highest BCUT2D eigenvalue weighted by atomic mass is 79.9. The van der Waals surface area contributed by atoms with Gasteiger partial charge in [-0.15, -0.1) is 0 Å². The predicted octanol–water partition coefficient (Wildman–Crippen LogP) is 3.70. The summed E-state index contributed by atoms with van der Waals surface area (Å²) in [5.41, 5.74) is 5.00. The molecule has 0 aliphatic carbocycles. The van der Waals surface area contributed by atoms with E-state index in [-0.39, 0.29) is 22.9 Å². The number of rotatable bonds is 6. The SMILES string of the molecule is Nc1ccc(N2CCC(n3ccc(=O)n(C(=O)c4ccccc4)c3=O)C2=O)cc1.O=C1C(n2ccc(=O)n(C(=O)c3ccccc3)c2=O)CCN1c1ccc(Br)cc1. The molecule has 2 fully saturated rings. The molecular weight excluding hydrogens is 810 g/mol. The second-order valence-corrected chi connectivity index (χ2v) is 14.3. The maximum atomic E-state index is 13.0. The third-order valence-electron chi connectivity index (χ3n) is 9.84. The molecule has 0 radical (unpaired) electrons. The van der Waals surface area contributed by atoms with E-state index in [1.807, 2.05) is 24.3 Å². The Morgan fingerprint density at radius 1 is 0.517 bits per heavy atom. The Bertz CT molecular complexity index is 2590. The number of nitrogen functional groups attached to an aromatic ring is 1. The van der Waals surface area contributed by atoms with Gasteiger partial charge in [-0.05, 0) is 85.6 Å². The minimum atomic E-state index is -0.830. The molecule has 2 saturated heterocycles. The van der Waals surface area contributed by atoms with Crippen LogP contribution in [0, 0.1) is 0 Å². The lowest BCUT2D eigenvalue weighted by molar-refractivity contribution is -0.120. The first-order valence-corrected chi connectivity index (χ1v) is 18.9. The summed E-state index contributed by atoms with van der Waals surface area (Å²) in [7, 11) is 0. The molecule has 0 spiro atoms. The second kappa shape index (κ2) is 16.5. The van der Waals surface area contributed by atoms with E-state index in [0.29, 0.717) is 46.4 Å². The zero-order valence-corrected chi connectivity index (χ0v) is 32.2. The third kappa shape index (κ3) is 7.64. The van der Waals surface area contributed by atoms with Crippen LogP contribution in [0.25, 0.3) is 0 Å². The molecule has 4 heterocycles. The molecule has 15 nitrogen and oxygen atoms in total. The van der Waals surface area contributed by atoms with Gasteiger partial charge in [0.25, 0.3) is 22.9 Å². The van der Waals surface area contributed by atoms with Crippen LogP contribution in [-0.2, 0) is 9.59 Å². The normalized spacial score (nSPS) is 16.2. The number of nitrogens with two attached hydrogens (primary N) is 1. The zero-order chi connectivity index (χ0) is 41.1. The summed E-state index contributed by atoms with van der Waals surface area (Å²) in [6.07, 6.45) is 3.33. The van der Waals surface area contributed by atoms with Crippen LogP contribution in [-0.4, -0.2) is 55.0 Å². The average Bonchev–Trinajstić information content (AvgIpc) is 3.81. The highest BCUT2D eigenvalue weighted by Crippen LogP contribution is 2.29. The molecule has 2 amide bonds. The Hall–Kier alpha value is -7.20. The van der Waals surface area contributed by atoms with Crippen molar-refractivity contribution in [2.45, 2.75) is 24.9 Å². The molecule has 2 aliphatic heterocycles. The Balaban J connectivity index is 0.000000177. The average molecular weight is 845 g/mol. The van der Waals surface area contributed by atoms with Crippen molar-refractivity contribution in [2.24, 2.45) is 0 Å². The maximum absolute atomic E-state index is 13.0. The molecule has 0 bridgehead atoms. The fourth-order valence-corrected chi connectivity index (χ4v) is 7.15. The van der Waals surface area contributed by atoms with Crippen molar-refractivity contribution in [1.29, 1.82) is 0 Å². The smallest absolute Gasteiger partial charge is 0.338 e. The topological polar surface area (TPSA) is 189 Å². The molecule has 2 N–H and O–H groups in total. The molecule has 58 heavy (non-hydrogen) atoms. The molecule has 0 saturated carbocycles. The number of anilines is 3. The van der Waals surface area contributed by atoms with Gasteiger partial charge in [-0.2, -0.15) is 9.13 Å². The largest absolute Gasteiger partial charge is 0.399 e. The van der Waals surface area contributed by atoms with E-state index in [4.69, 9.17) is 5.73 Å². The number of carbonyl (C=O) groups excluding carboxylic acids is 4. The van der Waals surface area contributed by atoms with E-state index in [1.54, 1.807) is 70.5 Å². The maximum Gasteiger partial charge on any atom is 0.338 e. The quantitative estimate of drug-likeness (QED) is 0.244. The van der Waals surface area contributed by atoms with Crippen LogP contribution < -0.4 is 38.0 Å². The minimum Gasteiger partial charge on any atom is -0.399 e. The van der Waals surface area contributed by atoms with Crippen molar-refractivity contribution in [3.63, 3.8) is 0 Å². The highest BCUT2D eigenvalue weighted by molar-refractivity contribution is 9.10. The minimum absolute atomic E-state index is 0.214. The molecule has 2 atom stereocenters. The first-order chi connectivity index (χ1) is 27.9. The van der Waals surface area contributed by atoms with Crippen molar-refractivity contribution in [3.8, 4) is 0 Å². The van der Waals surface area contributed by atoms with Gasteiger partial charge in [-0.25, -0.2) is 9.59 Å². The van der Waals surface area contributed by atoms with Gasteiger partial charge in [0.2, 0.25) is 11.8 Å². The van der Waals surface area contributed by atoms with Crippen LogP contribution in [0.4, 0.5) is 17.1 Å². The standard InChI is InChI=1S/C21H16BrN3O4.C21H18N4O4/c2*22-15-6-8-16(9-7-15)23-12-10-17(20(23)28)24-13-11-18(26)25(21(24)29)19(27)14-4-2-1-3-5-14/h1-9,11,13,17H,10,12H2;1-9,11,13,17H,10,12,22H2. The van der Waals surface area contributed by atoms with Crippen LogP contribution in [0.2, 0.25) is 0 Å². The van der Waals surface area contributed by atoms with Gasteiger partial charge < -0.3 is 15.5 Å². The van der Waals surface area contributed by atoms with Crippen LogP contribution in [0.3, 0.4) is 0 Å². The van der Waals surface area contributed by atoms with Gasteiger partial charge in [-0.3, -0.25) is 37.9 Å². The Kier molecular flexibility index (Phi) is 11.1. The predicted molar refractivity (Wildman–Crippen MR) is 219 cm³/mol. The number of nitrogens with zero attached hydrogens (tertiary/aromatic N) is 6. The summed E-state index contributed by atoms with van der Waals surface area (Å²) in [5.74, 6) is -1.98. The molecule has 16 heteroatoms. The molecule has 6 aromatic rings. The summed E-state index contributed by atoms with van der Waals surface area (Å²) in [5, 5.41) is 0. The highest BCUT2D eigenvalue weighted by Gasteiger charge is 2.36. The fourth-order valence-electron chi connectivity index (χ4n) is 6.89. The van der Waals surface area contributed by atoms with Crippen molar-refractivity contribution in [1.82, 2.24) is 18.3 Å². The molecule has 8 rings (SSSR count). The number of aromatic nitrogens is 4. The van der Waals surface area contributed by atoms with Crippen molar-refractivity contribution in [2.75, 3.05) is 28.6 Å². The van der Waals surface area contributed by atoms with Crippen LogP contribution in [0.5, 0.6) is 0 Å². The summed E-state index contributed by atoms with van der Waals surface area (Å²) in [6.45, 7) is 0.842. The number of carbonyl (C=O) groups is 4. The van der Waals surface area contributed by atoms with E-state index in [0.717, 1.165) is 26.9 Å². The lowest BCUT2D eigenvalue weighted by atomic mass is 10.2. The first kappa shape index (κ1) is 39.1. The fraction of sp³-hybridized carbons (Fsp3) is 0.143. The van der Waals surface area contributed by atoms with Gasteiger partial charge in [0.05, 0.1) is 0 Å². The van der Waals surface area contributed by atoms with Crippen LogP contribution >= 0.6 is 15.9 Å². The van der Waals surface area contributed by atoms with Gasteiger partial charge >= 0.3 is 11.4 Å². The number of benzene rings is 4. The summed E-state index contributed by atoms with van der Waals surface area (Å²) < 4.78 is 4.36. The van der Waals surface area contributed by atoms with Crippen molar-refractivity contribution >= 4 is 56.6 Å². The van der Waals surface area contributed by atoms with E-state index in [1.165, 1.54) is 41.2 Å². The monoisotopic (exact) mass is 843 g/mol. The lowest BCUT2D eigenvalue weighted by Gasteiger charge is -2.18. The van der Waals surface area contributed by atoms with E-state index >= 15 is 0 Å².